The van der Waals surface area contributed by atoms with E-state index in [4.69, 9.17) is 10.8 Å². The van der Waals surface area contributed by atoms with Crippen LogP contribution in [0.2, 0.25) is 0 Å². The minimum atomic E-state index is -4.46. The number of rotatable bonds is 5. The van der Waals surface area contributed by atoms with E-state index >= 15 is 0 Å². The van der Waals surface area contributed by atoms with E-state index in [-0.39, 0.29) is 0 Å². The summed E-state index contributed by atoms with van der Waals surface area (Å²) >= 11 is 0. The zero-order valence-electron chi connectivity index (χ0n) is 10.0. The standard InChI is InChI=1S/C12H22F3NO/c13-12(14,15)11(17)10-6-4-9(5-7-10)3-1-2-8-16/h9-11,17H,1-8,16H2. The van der Waals surface area contributed by atoms with Crippen LogP contribution in [0.1, 0.15) is 44.9 Å². The van der Waals surface area contributed by atoms with Crippen molar-refractivity contribution in [2.45, 2.75) is 57.2 Å². The number of unbranched alkanes of at least 4 members (excludes halogenated alkanes) is 1. The van der Waals surface area contributed by atoms with Crippen LogP contribution in [0.5, 0.6) is 0 Å². The van der Waals surface area contributed by atoms with Gasteiger partial charge in [-0.15, -0.1) is 0 Å². The zero-order valence-corrected chi connectivity index (χ0v) is 10.0. The van der Waals surface area contributed by atoms with Gasteiger partial charge in [0.25, 0.3) is 0 Å². The molecule has 2 nitrogen and oxygen atoms in total. The van der Waals surface area contributed by atoms with E-state index < -0.39 is 18.2 Å². The molecule has 1 rings (SSSR count). The van der Waals surface area contributed by atoms with Crippen LogP contribution in [0.4, 0.5) is 13.2 Å². The molecule has 0 amide bonds. The van der Waals surface area contributed by atoms with E-state index in [1.54, 1.807) is 0 Å². The highest BCUT2D eigenvalue weighted by Crippen LogP contribution is 2.38. The Labute approximate surface area is 100 Å². The van der Waals surface area contributed by atoms with Crippen LogP contribution in [0.15, 0.2) is 0 Å². The third-order valence-electron chi connectivity index (χ3n) is 3.74. The van der Waals surface area contributed by atoms with E-state index in [2.05, 4.69) is 0 Å². The summed E-state index contributed by atoms with van der Waals surface area (Å²) in [6.45, 7) is 0.683. The van der Waals surface area contributed by atoms with Gasteiger partial charge in [0.2, 0.25) is 0 Å². The van der Waals surface area contributed by atoms with E-state index in [0.717, 1.165) is 32.1 Å². The molecular formula is C12H22F3NO. The van der Waals surface area contributed by atoms with Gasteiger partial charge >= 0.3 is 6.18 Å². The lowest BCUT2D eigenvalue weighted by atomic mass is 9.77. The molecule has 1 fully saturated rings. The second-order valence-corrected chi connectivity index (χ2v) is 5.05. The van der Waals surface area contributed by atoms with Gasteiger partial charge in [-0.1, -0.05) is 25.7 Å². The molecule has 0 aromatic carbocycles. The van der Waals surface area contributed by atoms with Crippen LogP contribution in [-0.2, 0) is 0 Å². The third kappa shape index (κ3) is 4.84. The molecule has 0 heterocycles. The Bertz CT molecular complexity index is 212. The van der Waals surface area contributed by atoms with Crippen molar-refractivity contribution in [1.29, 1.82) is 0 Å². The molecule has 5 heteroatoms. The fourth-order valence-corrected chi connectivity index (χ4v) is 2.64. The van der Waals surface area contributed by atoms with Gasteiger partial charge < -0.3 is 10.8 Å². The monoisotopic (exact) mass is 253 g/mol. The summed E-state index contributed by atoms with van der Waals surface area (Å²) in [6, 6.07) is 0. The first-order valence-electron chi connectivity index (χ1n) is 6.40. The van der Waals surface area contributed by atoms with Crippen LogP contribution >= 0.6 is 0 Å². The molecule has 3 N–H and O–H groups in total. The average Bonchev–Trinajstić information content (AvgIpc) is 2.28. The summed E-state index contributed by atoms with van der Waals surface area (Å²) in [5.74, 6) is -0.0704. The third-order valence-corrected chi connectivity index (χ3v) is 3.74. The molecule has 1 aliphatic carbocycles. The average molecular weight is 253 g/mol. The lowest BCUT2D eigenvalue weighted by Gasteiger charge is -2.32. The maximum absolute atomic E-state index is 12.3. The highest BCUT2D eigenvalue weighted by atomic mass is 19.4. The Hall–Kier alpha value is -0.290. The molecule has 0 radical (unpaired) electrons. The Balaban J connectivity index is 2.26. The van der Waals surface area contributed by atoms with Gasteiger partial charge in [-0.2, -0.15) is 13.2 Å². The van der Waals surface area contributed by atoms with Crippen molar-refractivity contribution in [3.63, 3.8) is 0 Å². The Kier molecular flexibility index (Phi) is 5.73. The largest absolute Gasteiger partial charge is 0.414 e. The topological polar surface area (TPSA) is 46.2 Å². The minimum absolute atomic E-state index is 0.494. The number of nitrogens with two attached hydrogens (primary N) is 1. The quantitative estimate of drug-likeness (QED) is 0.740. The smallest absolute Gasteiger partial charge is 0.383 e. The highest BCUT2D eigenvalue weighted by molar-refractivity contribution is 4.81. The van der Waals surface area contributed by atoms with Crippen molar-refractivity contribution < 1.29 is 18.3 Å². The predicted molar refractivity (Wildman–Crippen MR) is 60.4 cm³/mol. The number of hydrogen-bond donors (Lipinski definition) is 2. The van der Waals surface area contributed by atoms with E-state index in [1.165, 1.54) is 0 Å². The van der Waals surface area contributed by atoms with Crippen LogP contribution in [-0.4, -0.2) is 23.9 Å². The first-order valence-corrected chi connectivity index (χ1v) is 6.40. The number of aliphatic hydroxyl groups is 1. The lowest BCUT2D eigenvalue weighted by molar-refractivity contribution is -0.222. The van der Waals surface area contributed by atoms with Crippen molar-refractivity contribution in [3.05, 3.63) is 0 Å². The molecule has 1 aliphatic rings. The Morgan fingerprint density at radius 2 is 1.71 bits per heavy atom. The summed E-state index contributed by atoms with van der Waals surface area (Å²) in [5.41, 5.74) is 5.40. The Morgan fingerprint density at radius 3 is 2.18 bits per heavy atom. The van der Waals surface area contributed by atoms with E-state index in [9.17, 15) is 13.2 Å². The molecule has 102 valence electrons. The van der Waals surface area contributed by atoms with Gasteiger partial charge in [0.15, 0.2) is 6.10 Å². The fraction of sp³-hybridized carbons (Fsp3) is 1.00. The molecular weight excluding hydrogens is 231 g/mol. The van der Waals surface area contributed by atoms with E-state index in [1.807, 2.05) is 0 Å². The summed E-state index contributed by atoms with van der Waals surface area (Å²) in [7, 11) is 0. The number of aliphatic hydroxyl groups excluding tert-OH is 1. The molecule has 0 bridgehead atoms. The normalized spacial score (nSPS) is 28.1. The number of hydrogen-bond acceptors (Lipinski definition) is 2. The summed E-state index contributed by atoms with van der Waals surface area (Å²) in [4.78, 5) is 0. The SMILES string of the molecule is NCCCCC1CCC(C(O)C(F)(F)F)CC1. The van der Waals surface area contributed by atoms with Crippen molar-refractivity contribution in [3.8, 4) is 0 Å². The van der Waals surface area contributed by atoms with Crippen molar-refractivity contribution >= 4 is 0 Å². The molecule has 0 aromatic heterocycles. The van der Waals surface area contributed by atoms with Gasteiger partial charge in [0, 0.05) is 0 Å². The summed E-state index contributed by atoms with van der Waals surface area (Å²) < 4.78 is 36.9. The second-order valence-electron chi connectivity index (χ2n) is 5.05. The maximum atomic E-state index is 12.3. The van der Waals surface area contributed by atoms with Gasteiger partial charge in [0.1, 0.15) is 0 Å². The zero-order chi connectivity index (χ0) is 12.9. The van der Waals surface area contributed by atoms with Gasteiger partial charge in [-0.3, -0.25) is 0 Å². The highest BCUT2D eigenvalue weighted by Gasteiger charge is 2.44. The van der Waals surface area contributed by atoms with Crippen molar-refractivity contribution in [2.75, 3.05) is 6.54 Å². The molecule has 1 atom stereocenters. The summed E-state index contributed by atoms with van der Waals surface area (Å²) in [5, 5.41) is 9.17. The van der Waals surface area contributed by atoms with Crippen molar-refractivity contribution in [1.82, 2.24) is 0 Å². The fourth-order valence-electron chi connectivity index (χ4n) is 2.64. The molecule has 17 heavy (non-hydrogen) atoms. The van der Waals surface area contributed by atoms with Crippen LogP contribution in [0.25, 0.3) is 0 Å². The van der Waals surface area contributed by atoms with Crippen LogP contribution in [0, 0.1) is 11.8 Å². The number of alkyl halides is 3. The molecule has 1 saturated carbocycles. The molecule has 0 saturated heterocycles. The van der Waals surface area contributed by atoms with Gasteiger partial charge in [0.05, 0.1) is 0 Å². The molecule has 1 unspecified atom stereocenters. The second kappa shape index (κ2) is 6.59. The molecule has 0 aliphatic heterocycles. The first-order chi connectivity index (χ1) is 7.95. The van der Waals surface area contributed by atoms with Gasteiger partial charge in [-0.25, -0.2) is 0 Å². The summed E-state index contributed by atoms with van der Waals surface area (Å²) in [6.07, 6.45) is -0.873. The Morgan fingerprint density at radius 1 is 1.12 bits per heavy atom. The van der Waals surface area contributed by atoms with E-state index in [0.29, 0.717) is 25.3 Å². The molecule has 0 aromatic rings. The van der Waals surface area contributed by atoms with Gasteiger partial charge in [-0.05, 0) is 37.6 Å². The van der Waals surface area contributed by atoms with Crippen LogP contribution < -0.4 is 5.73 Å². The predicted octanol–water partition coefficient (Wildman–Crippen LogP) is 2.85. The van der Waals surface area contributed by atoms with Crippen molar-refractivity contribution in [2.24, 2.45) is 17.6 Å². The van der Waals surface area contributed by atoms with Crippen LogP contribution in [0.3, 0.4) is 0 Å². The maximum Gasteiger partial charge on any atom is 0.414 e. The minimum Gasteiger partial charge on any atom is -0.383 e. The first kappa shape index (κ1) is 14.8. The number of halogens is 3. The lowest BCUT2D eigenvalue weighted by Crippen LogP contribution is -2.37. The molecule has 0 spiro atoms.